The third-order valence-corrected chi connectivity index (χ3v) is 7.96. The Morgan fingerprint density at radius 1 is 0.444 bits per heavy atom. The van der Waals surface area contributed by atoms with Gasteiger partial charge in [-0.1, -0.05) is 160 Å². The highest BCUT2D eigenvalue weighted by Gasteiger charge is 2.14. The Balaban J connectivity index is 2.06. The topological polar surface area (TPSA) is 27.7 Å². The van der Waals surface area contributed by atoms with Gasteiger partial charge in [-0.25, -0.2) is 0 Å². The maximum atomic E-state index is 6.05. The molecule has 0 N–H and O–H groups in total. The first-order valence-corrected chi connectivity index (χ1v) is 16.7. The first-order valence-electron chi connectivity index (χ1n) is 15.7. The van der Waals surface area contributed by atoms with Gasteiger partial charge in [-0.3, -0.25) is 0 Å². The van der Waals surface area contributed by atoms with Crippen molar-refractivity contribution >= 4 is 8.60 Å². The molecule has 4 heteroatoms. The maximum absolute atomic E-state index is 6.05. The minimum Gasteiger partial charge on any atom is -0.427 e. The maximum Gasteiger partial charge on any atom is 0.397 e. The molecule has 0 bridgehead atoms. The van der Waals surface area contributed by atoms with Gasteiger partial charge in [0.25, 0.3) is 0 Å². The standard InChI is InChI=1S/C32H59O3P/c1-3-5-7-9-11-13-15-17-19-21-26-30-33-36(35-32-28-24-23-25-29-32)34-31-27-22-20-18-16-14-12-10-8-6-4-2/h23-25,28-29H,3-22,26-27,30-31H2,1-2H3. The van der Waals surface area contributed by atoms with Crippen LogP contribution in [0.4, 0.5) is 0 Å². The summed E-state index contributed by atoms with van der Waals surface area (Å²) in [6, 6.07) is 9.96. The van der Waals surface area contributed by atoms with Crippen molar-refractivity contribution in [2.24, 2.45) is 0 Å². The Hall–Kier alpha value is -0.630. The van der Waals surface area contributed by atoms with Crippen molar-refractivity contribution in [2.75, 3.05) is 13.2 Å². The summed E-state index contributed by atoms with van der Waals surface area (Å²) in [5.41, 5.74) is 0. The fraction of sp³-hybridized carbons (Fsp3) is 0.812. The molecule has 0 spiro atoms. The summed E-state index contributed by atoms with van der Waals surface area (Å²) in [6.45, 7) is 6.03. The monoisotopic (exact) mass is 522 g/mol. The van der Waals surface area contributed by atoms with E-state index < -0.39 is 8.60 Å². The zero-order chi connectivity index (χ0) is 25.8. The summed E-state index contributed by atoms with van der Waals surface area (Å²) in [5.74, 6) is 0.835. The van der Waals surface area contributed by atoms with Gasteiger partial charge in [0.1, 0.15) is 5.75 Å². The van der Waals surface area contributed by atoms with Crippen molar-refractivity contribution < 1.29 is 13.6 Å². The summed E-state index contributed by atoms with van der Waals surface area (Å²) in [6.07, 6.45) is 29.6. The molecule has 0 saturated heterocycles. The van der Waals surface area contributed by atoms with Crippen LogP contribution in [-0.4, -0.2) is 13.2 Å². The van der Waals surface area contributed by atoms with E-state index in [0.29, 0.717) is 0 Å². The zero-order valence-corrected chi connectivity index (χ0v) is 24.9. The van der Waals surface area contributed by atoms with Gasteiger partial charge < -0.3 is 13.6 Å². The van der Waals surface area contributed by atoms with Crippen LogP contribution < -0.4 is 4.52 Å². The molecule has 1 aromatic rings. The second kappa shape index (κ2) is 27.4. The molecule has 0 saturated carbocycles. The van der Waals surface area contributed by atoms with Crippen LogP contribution >= 0.6 is 8.60 Å². The van der Waals surface area contributed by atoms with Gasteiger partial charge in [-0.05, 0) is 25.0 Å². The summed E-state index contributed by atoms with van der Waals surface area (Å²) in [7, 11) is -1.31. The van der Waals surface area contributed by atoms with E-state index >= 15 is 0 Å². The molecular formula is C32H59O3P. The molecule has 210 valence electrons. The van der Waals surface area contributed by atoms with Gasteiger partial charge in [0, 0.05) is 0 Å². The van der Waals surface area contributed by atoms with Crippen molar-refractivity contribution in [3.05, 3.63) is 30.3 Å². The third-order valence-electron chi connectivity index (χ3n) is 6.81. The van der Waals surface area contributed by atoms with Crippen LogP contribution in [-0.2, 0) is 9.05 Å². The van der Waals surface area contributed by atoms with Crippen LogP contribution in [0, 0.1) is 0 Å². The van der Waals surface area contributed by atoms with E-state index in [-0.39, 0.29) is 0 Å². The smallest absolute Gasteiger partial charge is 0.397 e. The van der Waals surface area contributed by atoms with Gasteiger partial charge in [0.2, 0.25) is 0 Å². The van der Waals surface area contributed by atoms with Crippen molar-refractivity contribution in [2.45, 2.75) is 155 Å². The van der Waals surface area contributed by atoms with E-state index in [1.807, 2.05) is 30.3 Å². The van der Waals surface area contributed by atoms with E-state index in [1.165, 1.54) is 128 Å². The molecule has 1 rings (SSSR count). The molecular weight excluding hydrogens is 463 g/mol. The number of para-hydroxylation sites is 1. The number of hydrogen-bond donors (Lipinski definition) is 0. The predicted octanol–water partition coefficient (Wildman–Crippen LogP) is 11.9. The molecule has 36 heavy (non-hydrogen) atoms. The average Bonchev–Trinajstić information content (AvgIpc) is 2.90. The van der Waals surface area contributed by atoms with Crippen molar-refractivity contribution in [1.29, 1.82) is 0 Å². The van der Waals surface area contributed by atoms with Crippen molar-refractivity contribution in [3.63, 3.8) is 0 Å². The van der Waals surface area contributed by atoms with Gasteiger partial charge in [0.05, 0.1) is 13.2 Å². The number of rotatable bonds is 28. The second-order valence-corrected chi connectivity index (χ2v) is 11.5. The fourth-order valence-electron chi connectivity index (χ4n) is 4.47. The summed E-state index contributed by atoms with van der Waals surface area (Å²) >= 11 is 0. The molecule has 1 aromatic carbocycles. The molecule has 0 fully saturated rings. The minimum atomic E-state index is -1.31. The molecule has 3 nitrogen and oxygen atoms in total. The van der Waals surface area contributed by atoms with Crippen LogP contribution in [0.2, 0.25) is 0 Å². The van der Waals surface area contributed by atoms with Gasteiger partial charge in [-0.15, -0.1) is 0 Å². The van der Waals surface area contributed by atoms with E-state index in [2.05, 4.69) is 13.8 Å². The first kappa shape index (κ1) is 33.4. The Labute approximate surface area is 226 Å². The minimum absolute atomic E-state index is 0.730. The Kier molecular flexibility index (Phi) is 25.4. The number of benzene rings is 1. The predicted molar refractivity (Wildman–Crippen MR) is 159 cm³/mol. The summed E-state index contributed by atoms with van der Waals surface area (Å²) < 4.78 is 18.1. The normalized spacial score (nSPS) is 11.4. The lowest BCUT2D eigenvalue weighted by Crippen LogP contribution is -2.01. The highest BCUT2D eigenvalue weighted by atomic mass is 31.2. The molecule has 0 aliphatic heterocycles. The Morgan fingerprint density at radius 2 is 0.778 bits per heavy atom. The van der Waals surface area contributed by atoms with Gasteiger partial charge in [0.15, 0.2) is 0 Å². The van der Waals surface area contributed by atoms with E-state index in [1.54, 1.807) is 0 Å². The molecule has 0 aromatic heterocycles. The lowest BCUT2D eigenvalue weighted by molar-refractivity contribution is 0.198. The zero-order valence-electron chi connectivity index (χ0n) is 24.0. The number of hydrogen-bond acceptors (Lipinski definition) is 3. The van der Waals surface area contributed by atoms with Gasteiger partial charge in [-0.2, -0.15) is 0 Å². The Bertz CT molecular complexity index is 511. The highest BCUT2D eigenvalue weighted by Crippen LogP contribution is 2.41. The fourth-order valence-corrected chi connectivity index (χ4v) is 5.50. The average molecular weight is 523 g/mol. The molecule has 0 radical (unpaired) electrons. The van der Waals surface area contributed by atoms with Crippen molar-refractivity contribution in [1.82, 2.24) is 0 Å². The van der Waals surface area contributed by atoms with E-state index in [9.17, 15) is 0 Å². The van der Waals surface area contributed by atoms with Crippen LogP contribution in [0.25, 0.3) is 0 Å². The van der Waals surface area contributed by atoms with Crippen molar-refractivity contribution in [3.8, 4) is 5.75 Å². The molecule has 0 aliphatic carbocycles. The molecule has 0 unspecified atom stereocenters. The van der Waals surface area contributed by atoms with Crippen LogP contribution in [0.1, 0.15) is 155 Å². The van der Waals surface area contributed by atoms with E-state index in [0.717, 1.165) is 31.8 Å². The SMILES string of the molecule is CCCCCCCCCCCCCOP(OCCCCCCCCCCCCC)Oc1ccccc1. The first-order chi connectivity index (χ1) is 17.9. The summed E-state index contributed by atoms with van der Waals surface area (Å²) in [4.78, 5) is 0. The van der Waals surface area contributed by atoms with Crippen LogP contribution in [0.3, 0.4) is 0 Å². The second-order valence-electron chi connectivity index (χ2n) is 10.4. The highest BCUT2D eigenvalue weighted by molar-refractivity contribution is 7.42. The molecule has 0 atom stereocenters. The molecule has 0 amide bonds. The lowest BCUT2D eigenvalue weighted by atomic mass is 10.1. The number of unbranched alkanes of at least 4 members (excludes halogenated alkanes) is 20. The molecule has 0 heterocycles. The Morgan fingerprint density at radius 3 is 1.14 bits per heavy atom. The quantitative estimate of drug-likeness (QED) is 0.0809. The molecule has 0 aliphatic rings. The third kappa shape index (κ3) is 22.6. The van der Waals surface area contributed by atoms with Crippen LogP contribution in [0.15, 0.2) is 30.3 Å². The van der Waals surface area contributed by atoms with Crippen LogP contribution in [0.5, 0.6) is 5.75 Å². The lowest BCUT2D eigenvalue weighted by Gasteiger charge is -2.17. The van der Waals surface area contributed by atoms with Gasteiger partial charge >= 0.3 is 8.60 Å². The summed E-state index contributed by atoms with van der Waals surface area (Å²) in [5, 5.41) is 0. The van der Waals surface area contributed by atoms with E-state index in [4.69, 9.17) is 13.6 Å². The largest absolute Gasteiger partial charge is 0.427 e.